The number of likely N-dealkylation sites (N-methyl/N-ethyl adjacent to an activating group) is 1. The second-order valence-corrected chi connectivity index (χ2v) is 4.09. The van der Waals surface area contributed by atoms with Gasteiger partial charge >= 0.3 is 0 Å². The monoisotopic (exact) mass is 221 g/mol. The minimum Gasteiger partial charge on any atom is -0.351 e. The lowest BCUT2D eigenvalue weighted by Crippen LogP contribution is -2.45. The van der Waals surface area contributed by atoms with Crippen LogP contribution in [0.1, 0.15) is 19.4 Å². The molecule has 0 bridgehead atoms. The minimum absolute atomic E-state index is 0.0290. The van der Waals surface area contributed by atoms with Gasteiger partial charge in [-0.2, -0.15) is 0 Å². The van der Waals surface area contributed by atoms with Crippen LogP contribution in [0, 0.1) is 5.92 Å². The fourth-order valence-corrected chi connectivity index (χ4v) is 1.57. The molecule has 4 nitrogen and oxygen atoms in total. The van der Waals surface area contributed by atoms with Crippen LogP contribution in [-0.4, -0.2) is 24.0 Å². The standard InChI is InChI=1S/C12H19N3O/c1-9(2)11(13-3)12(16)15-8-10-5-4-6-14-7-10/h4-7,9,11,13H,8H2,1-3H3,(H,15,16). The first-order valence-corrected chi connectivity index (χ1v) is 5.49. The molecule has 0 saturated heterocycles. The number of nitrogens with one attached hydrogen (secondary N) is 2. The zero-order valence-electron chi connectivity index (χ0n) is 10.0. The molecule has 0 spiro atoms. The molecule has 1 atom stereocenters. The fraction of sp³-hybridized carbons (Fsp3) is 0.500. The summed E-state index contributed by atoms with van der Waals surface area (Å²) in [5.74, 6) is 0.306. The molecule has 0 radical (unpaired) electrons. The summed E-state index contributed by atoms with van der Waals surface area (Å²) in [6.45, 7) is 4.56. The highest BCUT2D eigenvalue weighted by Gasteiger charge is 2.19. The average Bonchev–Trinajstić information content (AvgIpc) is 2.28. The Kier molecular flexibility index (Phi) is 4.92. The van der Waals surface area contributed by atoms with Gasteiger partial charge in [-0.25, -0.2) is 0 Å². The van der Waals surface area contributed by atoms with Crippen molar-refractivity contribution in [1.82, 2.24) is 15.6 Å². The van der Waals surface area contributed by atoms with E-state index in [9.17, 15) is 4.79 Å². The number of hydrogen-bond acceptors (Lipinski definition) is 3. The highest BCUT2D eigenvalue weighted by molar-refractivity contribution is 5.81. The predicted molar refractivity (Wildman–Crippen MR) is 63.8 cm³/mol. The summed E-state index contributed by atoms with van der Waals surface area (Å²) in [4.78, 5) is 15.8. The Hall–Kier alpha value is -1.42. The number of pyridine rings is 1. The molecule has 1 aromatic heterocycles. The van der Waals surface area contributed by atoms with Crippen LogP contribution in [0.3, 0.4) is 0 Å². The van der Waals surface area contributed by atoms with E-state index in [-0.39, 0.29) is 17.9 Å². The molecule has 0 aromatic carbocycles. The van der Waals surface area contributed by atoms with E-state index in [2.05, 4.69) is 15.6 Å². The van der Waals surface area contributed by atoms with Crippen molar-refractivity contribution >= 4 is 5.91 Å². The van der Waals surface area contributed by atoms with E-state index in [1.165, 1.54) is 0 Å². The fourth-order valence-electron chi connectivity index (χ4n) is 1.57. The van der Waals surface area contributed by atoms with Gasteiger partial charge in [0.1, 0.15) is 0 Å². The van der Waals surface area contributed by atoms with Crippen LogP contribution in [0.15, 0.2) is 24.5 Å². The van der Waals surface area contributed by atoms with Crippen LogP contribution >= 0.6 is 0 Å². The minimum atomic E-state index is -0.142. The van der Waals surface area contributed by atoms with Crippen LogP contribution in [0.2, 0.25) is 0 Å². The highest BCUT2D eigenvalue weighted by Crippen LogP contribution is 2.01. The first-order valence-electron chi connectivity index (χ1n) is 5.49. The Bertz CT molecular complexity index is 324. The Balaban J connectivity index is 2.46. The summed E-state index contributed by atoms with van der Waals surface area (Å²) in [5.41, 5.74) is 1.01. The molecule has 1 rings (SSSR count). The van der Waals surface area contributed by atoms with Gasteiger partial charge in [-0.1, -0.05) is 19.9 Å². The van der Waals surface area contributed by atoms with E-state index in [1.54, 1.807) is 19.4 Å². The van der Waals surface area contributed by atoms with Crippen LogP contribution in [0.4, 0.5) is 0 Å². The summed E-state index contributed by atoms with van der Waals surface area (Å²) in [7, 11) is 1.80. The Labute approximate surface area is 96.5 Å². The molecular formula is C12H19N3O. The van der Waals surface area contributed by atoms with Crippen molar-refractivity contribution in [2.24, 2.45) is 5.92 Å². The van der Waals surface area contributed by atoms with Gasteiger partial charge in [0.15, 0.2) is 0 Å². The van der Waals surface area contributed by atoms with Crippen LogP contribution < -0.4 is 10.6 Å². The van der Waals surface area contributed by atoms with Crippen LogP contribution in [-0.2, 0) is 11.3 Å². The highest BCUT2D eigenvalue weighted by atomic mass is 16.2. The van der Waals surface area contributed by atoms with Crippen molar-refractivity contribution in [3.63, 3.8) is 0 Å². The molecule has 0 aliphatic carbocycles. The van der Waals surface area contributed by atoms with E-state index in [1.807, 2.05) is 26.0 Å². The zero-order valence-corrected chi connectivity index (χ0v) is 10.0. The van der Waals surface area contributed by atoms with Gasteiger partial charge in [-0.3, -0.25) is 9.78 Å². The number of carbonyl (C=O) groups excluding carboxylic acids is 1. The van der Waals surface area contributed by atoms with Crippen molar-refractivity contribution in [2.45, 2.75) is 26.4 Å². The number of nitrogens with zero attached hydrogens (tertiary/aromatic N) is 1. The van der Waals surface area contributed by atoms with Gasteiger partial charge in [0, 0.05) is 18.9 Å². The van der Waals surface area contributed by atoms with Crippen molar-refractivity contribution < 1.29 is 4.79 Å². The van der Waals surface area contributed by atoms with Gasteiger partial charge in [-0.15, -0.1) is 0 Å². The molecule has 16 heavy (non-hydrogen) atoms. The Morgan fingerprint density at radius 2 is 2.25 bits per heavy atom. The van der Waals surface area contributed by atoms with Crippen molar-refractivity contribution in [3.8, 4) is 0 Å². The number of aromatic nitrogens is 1. The quantitative estimate of drug-likeness (QED) is 0.778. The molecule has 1 heterocycles. The predicted octanol–water partition coefficient (Wildman–Crippen LogP) is 0.942. The van der Waals surface area contributed by atoms with Gasteiger partial charge in [0.05, 0.1) is 6.04 Å². The van der Waals surface area contributed by atoms with Crippen molar-refractivity contribution in [3.05, 3.63) is 30.1 Å². The molecular weight excluding hydrogens is 202 g/mol. The summed E-state index contributed by atoms with van der Waals surface area (Å²) < 4.78 is 0. The lowest BCUT2D eigenvalue weighted by atomic mass is 10.0. The van der Waals surface area contributed by atoms with Gasteiger partial charge in [0.2, 0.25) is 5.91 Å². The molecule has 0 fully saturated rings. The summed E-state index contributed by atoms with van der Waals surface area (Å²) >= 11 is 0. The molecule has 1 aromatic rings. The van der Waals surface area contributed by atoms with E-state index < -0.39 is 0 Å². The van der Waals surface area contributed by atoms with Crippen LogP contribution in [0.5, 0.6) is 0 Å². The molecule has 4 heteroatoms. The molecule has 1 amide bonds. The van der Waals surface area contributed by atoms with E-state index in [0.717, 1.165) is 5.56 Å². The van der Waals surface area contributed by atoms with E-state index in [4.69, 9.17) is 0 Å². The summed E-state index contributed by atoms with van der Waals surface area (Å²) in [5, 5.41) is 5.90. The molecule has 2 N–H and O–H groups in total. The Morgan fingerprint density at radius 1 is 1.50 bits per heavy atom. The largest absolute Gasteiger partial charge is 0.351 e. The maximum absolute atomic E-state index is 11.8. The summed E-state index contributed by atoms with van der Waals surface area (Å²) in [6.07, 6.45) is 3.47. The third kappa shape index (κ3) is 3.62. The topological polar surface area (TPSA) is 54.0 Å². The number of hydrogen-bond donors (Lipinski definition) is 2. The third-order valence-corrected chi connectivity index (χ3v) is 2.45. The van der Waals surface area contributed by atoms with E-state index >= 15 is 0 Å². The maximum Gasteiger partial charge on any atom is 0.237 e. The smallest absolute Gasteiger partial charge is 0.237 e. The third-order valence-electron chi connectivity index (χ3n) is 2.45. The van der Waals surface area contributed by atoms with Crippen molar-refractivity contribution in [1.29, 1.82) is 0 Å². The maximum atomic E-state index is 11.8. The Morgan fingerprint density at radius 3 is 2.75 bits per heavy atom. The molecule has 0 aliphatic heterocycles. The first kappa shape index (κ1) is 12.6. The normalized spacial score (nSPS) is 12.5. The molecule has 0 saturated carbocycles. The molecule has 0 aliphatic rings. The first-order chi connectivity index (χ1) is 7.65. The molecule has 88 valence electrons. The average molecular weight is 221 g/mol. The van der Waals surface area contributed by atoms with Gasteiger partial charge in [0.25, 0.3) is 0 Å². The lowest BCUT2D eigenvalue weighted by molar-refractivity contribution is -0.124. The second-order valence-electron chi connectivity index (χ2n) is 4.09. The van der Waals surface area contributed by atoms with Gasteiger partial charge in [-0.05, 0) is 24.6 Å². The number of amides is 1. The molecule has 1 unspecified atom stereocenters. The number of rotatable bonds is 5. The number of carbonyl (C=O) groups is 1. The summed E-state index contributed by atoms with van der Waals surface area (Å²) in [6, 6.07) is 3.66. The SMILES string of the molecule is CNC(C(=O)NCc1cccnc1)C(C)C. The van der Waals surface area contributed by atoms with Crippen LogP contribution in [0.25, 0.3) is 0 Å². The lowest BCUT2D eigenvalue weighted by Gasteiger charge is -2.19. The van der Waals surface area contributed by atoms with E-state index in [0.29, 0.717) is 6.54 Å². The zero-order chi connectivity index (χ0) is 12.0. The van der Waals surface area contributed by atoms with Gasteiger partial charge < -0.3 is 10.6 Å². The van der Waals surface area contributed by atoms with Crippen molar-refractivity contribution in [2.75, 3.05) is 7.05 Å². The second kappa shape index (κ2) is 6.23.